The van der Waals surface area contributed by atoms with Crippen molar-refractivity contribution in [1.29, 1.82) is 0 Å². The minimum absolute atomic E-state index is 0.0781. The van der Waals surface area contributed by atoms with E-state index < -0.39 is 22.6 Å². The zero-order chi connectivity index (χ0) is 26.1. The SMILES string of the molecule is CC.COc1ccc(S(=O)N(c2ccc(Cl)cc2Cc2c(F)cccc2F)C(C)CN)cc1OC. The molecule has 0 saturated heterocycles. The zero-order valence-corrected chi connectivity index (χ0v) is 22.1. The van der Waals surface area contributed by atoms with Gasteiger partial charge in [-0.15, -0.1) is 0 Å². The molecule has 0 amide bonds. The third kappa shape index (κ3) is 6.72. The van der Waals surface area contributed by atoms with Crippen molar-refractivity contribution in [3.8, 4) is 11.5 Å². The van der Waals surface area contributed by atoms with E-state index in [-0.39, 0.29) is 24.6 Å². The van der Waals surface area contributed by atoms with E-state index in [1.54, 1.807) is 40.7 Å². The minimum atomic E-state index is -1.72. The summed E-state index contributed by atoms with van der Waals surface area (Å²) < 4.78 is 54.7. The van der Waals surface area contributed by atoms with E-state index in [0.717, 1.165) is 0 Å². The average molecular weight is 525 g/mol. The Morgan fingerprint density at radius 1 is 1.00 bits per heavy atom. The first-order chi connectivity index (χ1) is 16.8. The predicted octanol–water partition coefficient (Wildman–Crippen LogP) is 6.13. The van der Waals surface area contributed by atoms with Gasteiger partial charge in [0.15, 0.2) is 22.5 Å². The van der Waals surface area contributed by atoms with Gasteiger partial charge in [0.2, 0.25) is 0 Å². The van der Waals surface area contributed by atoms with Crippen LogP contribution in [0, 0.1) is 11.6 Å². The summed E-state index contributed by atoms with van der Waals surface area (Å²) in [6.45, 7) is 6.01. The second-order valence-corrected chi connectivity index (χ2v) is 9.13. The van der Waals surface area contributed by atoms with Gasteiger partial charge in [0.25, 0.3) is 0 Å². The molecule has 2 atom stereocenters. The van der Waals surface area contributed by atoms with Crippen LogP contribution in [0.1, 0.15) is 31.9 Å². The highest BCUT2D eigenvalue weighted by Crippen LogP contribution is 2.34. The second-order valence-electron chi connectivity index (χ2n) is 7.33. The van der Waals surface area contributed by atoms with E-state index in [2.05, 4.69) is 0 Å². The number of nitrogens with zero attached hydrogens (tertiary/aromatic N) is 1. The molecule has 2 N–H and O–H groups in total. The Kier molecular flexibility index (Phi) is 10.9. The quantitative estimate of drug-likeness (QED) is 0.366. The van der Waals surface area contributed by atoms with Gasteiger partial charge in [0, 0.05) is 29.6 Å². The maximum atomic E-state index is 14.4. The standard InChI is InChI=1S/C24H25ClF2N2O3S.C2H6/c1-15(14-28)29(33(30)18-8-10-23(31-2)24(13-18)32-3)22-9-7-17(25)11-16(22)12-19-20(26)5-4-6-21(19)27;1-2/h4-11,13,15H,12,14,28H2,1-3H3;1-2H3. The molecular formula is C26H31ClF2N2O3S. The number of methoxy groups -OCH3 is 2. The lowest BCUT2D eigenvalue weighted by Crippen LogP contribution is -2.40. The molecule has 0 saturated carbocycles. The Morgan fingerprint density at radius 2 is 1.63 bits per heavy atom. The lowest BCUT2D eigenvalue weighted by atomic mass is 10.0. The number of rotatable bonds is 9. The lowest BCUT2D eigenvalue weighted by molar-refractivity contribution is 0.354. The van der Waals surface area contributed by atoms with Gasteiger partial charge in [-0.25, -0.2) is 13.0 Å². The third-order valence-corrected chi connectivity index (χ3v) is 6.99. The molecule has 0 heterocycles. The number of hydrogen-bond donors (Lipinski definition) is 1. The molecule has 9 heteroatoms. The Balaban J connectivity index is 0.00000210. The van der Waals surface area contributed by atoms with Crippen LogP contribution in [-0.2, 0) is 17.4 Å². The first-order valence-corrected chi connectivity index (χ1v) is 12.6. The van der Waals surface area contributed by atoms with Crippen LogP contribution in [0.15, 0.2) is 59.5 Å². The summed E-state index contributed by atoms with van der Waals surface area (Å²) in [5, 5.41) is 0.391. The molecule has 0 aromatic heterocycles. The van der Waals surface area contributed by atoms with Crippen LogP contribution in [0.2, 0.25) is 5.02 Å². The van der Waals surface area contributed by atoms with Crippen LogP contribution in [-0.4, -0.2) is 31.0 Å². The molecule has 3 aromatic carbocycles. The van der Waals surface area contributed by atoms with Crippen molar-refractivity contribution in [2.45, 2.75) is 38.1 Å². The van der Waals surface area contributed by atoms with E-state index in [1.165, 1.54) is 32.4 Å². The monoisotopic (exact) mass is 524 g/mol. The molecular weight excluding hydrogens is 494 g/mol. The predicted molar refractivity (Wildman–Crippen MR) is 139 cm³/mol. The number of halogens is 3. The molecule has 2 unspecified atom stereocenters. The van der Waals surface area contributed by atoms with Crippen LogP contribution >= 0.6 is 11.6 Å². The first-order valence-electron chi connectivity index (χ1n) is 11.1. The largest absolute Gasteiger partial charge is 0.493 e. The average Bonchev–Trinajstić information content (AvgIpc) is 2.88. The molecule has 35 heavy (non-hydrogen) atoms. The maximum Gasteiger partial charge on any atom is 0.161 e. The highest BCUT2D eigenvalue weighted by molar-refractivity contribution is 7.86. The summed E-state index contributed by atoms with van der Waals surface area (Å²) in [5.41, 5.74) is 6.86. The van der Waals surface area contributed by atoms with Gasteiger partial charge in [-0.1, -0.05) is 31.5 Å². The van der Waals surface area contributed by atoms with Crippen molar-refractivity contribution in [2.24, 2.45) is 5.73 Å². The molecule has 0 radical (unpaired) electrons. The summed E-state index contributed by atoms with van der Waals surface area (Å²) in [7, 11) is 1.28. The molecule has 0 spiro atoms. The topological polar surface area (TPSA) is 64.8 Å². The Morgan fingerprint density at radius 3 is 2.20 bits per heavy atom. The van der Waals surface area contributed by atoms with E-state index in [0.29, 0.717) is 32.7 Å². The molecule has 0 aliphatic rings. The zero-order valence-electron chi connectivity index (χ0n) is 20.5. The number of hydrogen-bond acceptors (Lipinski definition) is 4. The van der Waals surface area contributed by atoms with Crippen molar-refractivity contribution < 1.29 is 22.5 Å². The van der Waals surface area contributed by atoms with Gasteiger partial charge in [-0.2, -0.15) is 0 Å². The Bertz CT molecular complexity index is 1140. The molecule has 0 bridgehead atoms. The summed E-state index contributed by atoms with van der Waals surface area (Å²) in [4.78, 5) is 0.450. The van der Waals surface area contributed by atoms with Crippen molar-refractivity contribution >= 4 is 28.3 Å². The van der Waals surface area contributed by atoms with Crippen LogP contribution in [0.25, 0.3) is 0 Å². The fourth-order valence-electron chi connectivity index (χ4n) is 3.43. The van der Waals surface area contributed by atoms with Gasteiger partial charge >= 0.3 is 0 Å². The normalized spacial score (nSPS) is 12.3. The smallest absolute Gasteiger partial charge is 0.161 e. The van der Waals surface area contributed by atoms with Crippen molar-refractivity contribution in [3.63, 3.8) is 0 Å². The van der Waals surface area contributed by atoms with E-state index in [1.807, 2.05) is 20.8 Å². The van der Waals surface area contributed by atoms with Crippen LogP contribution < -0.4 is 19.5 Å². The summed E-state index contributed by atoms with van der Waals surface area (Å²) in [6.07, 6.45) is -0.0781. The molecule has 3 rings (SSSR count). The van der Waals surface area contributed by atoms with E-state index in [4.69, 9.17) is 26.8 Å². The molecule has 5 nitrogen and oxygen atoms in total. The molecule has 0 aliphatic carbocycles. The fourth-order valence-corrected chi connectivity index (χ4v) is 5.01. The molecule has 190 valence electrons. The molecule has 0 aliphatic heterocycles. The Hall–Kier alpha value is -2.68. The second kappa shape index (κ2) is 13.4. The van der Waals surface area contributed by atoms with Gasteiger partial charge in [-0.3, -0.25) is 4.31 Å². The highest BCUT2D eigenvalue weighted by Gasteiger charge is 2.26. The van der Waals surface area contributed by atoms with Gasteiger partial charge in [0.1, 0.15) is 11.6 Å². The van der Waals surface area contributed by atoms with Crippen molar-refractivity contribution in [1.82, 2.24) is 0 Å². The molecule has 3 aromatic rings. The maximum absolute atomic E-state index is 14.4. The molecule has 0 fully saturated rings. The number of nitrogens with two attached hydrogens (primary N) is 1. The minimum Gasteiger partial charge on any atom is -0.493 e. The van der Waals surface area contributed by atoms with Gasteiger partial charge < -0.3 is 15.2 Å². The number of ether oxygens (including phenoxy) is 2. The van der Waals surface area contributed by atoms with Crippen molar-refractivity contribution in [3.05, 3.63) is 82.4 Å². The third-order valence-electron chi connectivity index (χ3n) is 5.18. The van der Waals surface area contributed by atoms with Gasteiger partial charge in [-0.05, 0) is 55.0 Å². The summed E-state index contributed by atoms with van der Waals surface area (Å²) in [6, 6.07) is 13.2. The fraction of sp³-hybridized carbons (Fsp3) is 0.308. The number of benzene rings is 3. The first kappa shape index (κ1) is 28.6. The van der Waals surface area contributed by atoms with Crippen molar-refractivity contribution in [2.75, 3.05) is 25.1 Å². The van der Waals surface area contributed by atoms with Crippen LogP contribution in [0.3, 0.4) is 0 Å². The van der Waals surface area contributed by atoms with E-state index in [9.17, 15) is 13.0 Å². The van der Waals surface area contributed by atoms with E-state index >= 15 is 0 Å². The number of anilines is 1. The van der Waals surface area contributed by atoms with Gasteiger partial charge in [0.05, 0.1) is 30.8 Å². The van der Waals surface area contributed by atoms with Crippen LogP contribution in [0.4, 0.5) is 14.5 Å². The Labute approximate surface area is 213 Å². The lowest BCUT2D eigenvalue weighted by Gasteiger charge is -2.31. The highest BCUT2D eigenvalue weighted by atomic mass is 35.5. The van der Waals surface area contributed by atoms with Crippen LogP contribution in [0.5, 0.6) is 11.5 Å². The summed E-state index contributed by atoms with van der Waals surface area (Å²) in [5.74, 6) is -0.409. The summed E-state index contributed by atoms with van der Waals surface area (Å²) >= 11 is 6.21.